The van der Waals surface area contributed by atoms with Gasteiger partial charge in [-0.3, -0.25) is 10.1 Å². The number of nitro groups is 1. The number of benzene rings is 1. The summed E-state index contributed by atoms with van der Waals surface area (Å²) in [5, 5.41) is 11.0. The molecule has 1 aromatic rings. The summed E-state index contributed by atoms with van der Waals surface area (Å²) in [6.45, 7) is 0. The first-order chi connectivity index (χ1) is 6.06. The van der Waals surface area contributed by atoms with Crippen LogP contribution in [0.2, 0.25) is 10.0 Å². The predicted octanol–water partition coefficient (Wildman–Crippen LogP) is 3.62. The number of nitrogens with zero attached hydrogens (tertiary/aromatic N) is 1. The smallest absolute Gasteiger partial charge is 0.258 e. The van der Waals surface area contributed by atoms with Gasteiger partial charge in [0, 0.05) is 16.0 Å². The van der Waals surface area contributed by atoms with E-state index in [0.29, 0.717) is 9.92 Å². The van der Waals surface area contributed by atoms with Crippen LogP contribution < -0.4 is 0 Å². The summed E-state index contributed by atoms with van der Waals surface area (Å²) in [5.41, 5.74) is -0.154. The molecule has 0 fully saturated rings. The van der Waals surface area contributed by atoms with Crippen molar-refractivity contribution < 1.29 is 4.92 Å². The highest BCUT2D eigenvalue weighted by Crippen LogP contribution is 2.36. The zero-order valence-corrected chi connectivity index (χ0v) is 8.91. The van der Waals surface area contributed by atoms with Gasteiger partial charge in [0.05, 0.1) is 4.92 Å². The van der Waals surface area contributed by atoms with Crippen molar-refractivity contribution in [3.05, 3.63) is 32.3 Å². The van der Waals surface area contributed by atoms with E-state index in [1.807, 2.05) is 0 Å². The molecule has 6 heteroatoms. The van der Waals surface area contributed by atoms with E-state index in [9.17, 15) is 10.1 Å². The molecule has 0 aliphatic rings. The molecular formula is C7H5Cl2NO2S. The molecule has 0 aromatic heterocycles. The van der Waals surface area contributed by atoms with Crippen LogP contribution in [0.1, 0.15) is 0 Å². The Balaban J connectivity index is 3.35. The average Bonchev–Trinajstić information content (AvgIpc) is 2.08. The second kappa shape index (κ2) is 4.17. The number of rotatable bonds is 2. The largest absolute Gasteiger partial charge is 0.290 e. The molecule has 0 bridgehead atoms. The maximum Gasteiger partial charge on any atom is 0.290 e. The minimum atomic E-state index is -0.548. The molecule has 13 heavy (non-hydrogen) atoms. The van der Waals surface area contributed by atoms with Crippen LogP contribution in [0, 0.1) is 10.1 Å². The van der Waals surface area contributed by atoms with Gasteiger partial charge in [-0.25, -0.2) is 0 Å². The molecule has 0 saturated heterocycles. The summed E-state index contributed by atoms with van der Waals surface area (Å²) in [4.78, 5) is 10.6. The van der Waals surface area contributed by atoms with Crippen LogP contribution >= 0.6 is 35.0 Å². The molecule has 0 heterocycles. The third kappa shape index (κ3) is 2.27. The van der Waals surface area contributed by atoms with Crippen molar-refractivity contribution in [1.82, 2.24) is 0 Å². The Morgan fingerprint density at radius 2 is 2.08 bits per heavy atom. The Morgan fingerprint density at radius 1 is 1.46 bits per heavy atom. The molecule has 0 N–H and O–H groups in total. The fourth-order valence-corrected chi connectivity index (χ4v) is 2.05. The van der Waals surface area contributed by atoms with Gasteiger partial charge in [-0.15, -0.1) is 11.8 Å². The van der Waals surface area contributed by atoms with Crippen molar-refractivity contribution >= 4 is 40.7 Å². The van der Waals surface area contributed by atoms with E-state index in [1.165, 1.54) is 17.8 Å². The summed E-state index contributed by atoms with van der Waals surface area (Å²) in [5.74, 6) is 0. The topological polar surface area (TPSA) is 43.1 Å². The summed E-state index contributed by atoms with van der Waals surface area (Å²) in [7, 11) is 0. The molecule has 1 aromatic carbocycles. The summed E-state index contributed by atoms with van der Waals surface area (Å²) < 4.78 is 0. The van der Waals surface area contributed by atoms with Gasteiger partial charge >= 0.3 is 0 Å². The maximum absolute atomic E-state index is 10.5. The van der Waals surface area contributed by atoms with Gasteiger partial charge in [0.15, 0.2) is 0 Å². The lowest BCUT2D eigenvalue weighted by Gasteiger charge is -2.01. The lowest BCUT2D eigenvalue weighted by atomic mass is 10.3. The Labute approximate surface area is 89.2 Å². The first kappa shape index (κ1) is 10.6. The van der Waals surface area contributed by atoms with Crippen LogP contribution in [0.3, 0.4) is 0 Å². The third-order valence-corrected chi connectivity index (χ3v) is 2.89. The summed E-state index contributed by atoms with van der Waals surface area (Å²) in [6.07, 6.45) is 1.78. The molecule has 1 rings (SSSR count). The number of hydrogen-bond acceptors (Lipinski definition) is 3. The zero-order valence-electron chi connectivity index (χ0n) is 6.58. The van der Waals surface area contributed by atoms with Crippen LogP contribution in [0.4, 0.5) is 5.69 Å². The van der Waals surface area contributed by atoms with Gasteiger partial charge in [0.1, 0.15) is 5.02 Å². The lowest BCUT2D eigenvalue weighted by Crippen LogP contribution is -1.90. The standard InChI is InChI=1S/C7H5Cl2NO2S/c1-13-6-3-4(8)2-5(7(6)9)10(11)12/h2-3H,1H3. The minimum absolute atomic E-state index is 0.141. The van der Waals surface area contributed by atoms with Gasteiger partial charge in [-0.05, 0) is 12.3 Å². The number of hydrogen-bond donors (Lipinski definition) is 0. The fraction of sp³-hybridized carbons (Fsp3) is 0.143. The molecule has 0 aliphatic carbocycles. The summed E-state index contributed by atoms with van der Waals surface area (Å²) in [6, 6.07) is 2.84. The van der Waals surface area contributed by atoms with Crippen LogP contribution in [-0.4, -0.2) is 11.2 Å². The van der Waals surface area contributed by atoms with E-state index in [0.717, 1.165) is 0 Å². The molecule has 0 spiro atoms. The highest BCUT2D eigenvalue weighted by Gasteiger charge is 2.16. The number of halogens is 2. The first-order valence-corrected chi connectivity index (χ1v) is 5.21. The Bertz CT molecular complexity index is 357. The van der Waals surface area contributed by atoms with Gasteiger partial charge in [-0.2, -0.15) is 0 Å². The molecule has 3 nitrogen and oxygen atoms in total. The monoisotopic (exact) mass is 237 g/mol. The molecule has 0 amide bonds. The molecule has 70 valence electrons. The maximum atomic E-state index is 10.5. The molecule has 0 unspecified atom stereocenters. The van der Waals surface area contributed by atoms with E-state index < -0.39 is 4.92 Å². The van der Waals surface area contributed by atoms with Crippen molar-refractivity contribution in [1.29, 1.82) is 0 Å². The Hall–Kier alpha value is -0.450. The fourth-order valence-electron chi connectivity index (χ4n) is 0.832. The van der Waals surface area contributed by atoms with Gasteiger partial charge in [-0.1, -0.05) is 23.2 Å². The molecular weight excluding hydrogens is 233 g/mol. The SMILES string of the molecule is CSc1cc(Cl)cc([N+](=O)[O-])c1Cl. The average molecular weight is 238 g/mol. The molecule has 0 atom stereocenters. The second-order valence-electron chi connectivity index (χ2n) is 2.20. The normalized spacial score (nSPS) is 10.1. The Morgan fingerprint density at radius 3 is 2.54 bits per heavy atom. The van der Waals surface area contributed by atoms with Crippen LogP contribution in [-0.2, 0) is 0 Å². The van der Waals surface area contributed by atoms with Crippen molar-refractivity contribution in [3.63, 3.8) is 0 Å². The second-order valence-corrected chi connectivity index (χ2v) is 3.86. The summed E-state index contributed by atoms with van der Waals surface area (Å²) >= 11 is 12.7. The van der Waals surface area contributed by atoms with Gasteiger partial charge in [0.2, 0.25) is 0 Å². The third-order valence-electron chi connectivity index (χ3n) is 1.40. The van der Waals surface area contributed by atoms with E-state index in [4.69, 9.17) is 23.2 Å². The van der Waals surface area contributed by atoms with Crippen LogP contribution in [0.25, 0.3) is 0 Å². The highest BCUT2D eigenvalue weighted by molar-refractivity contribution is 7.98. The minimum Gasteiger partial charge on any atom is -0.258 e. The van der Waals surface area contributed by atoms with Crippen LogP contribution in [0.5, 0.6) is 0 Å². The van der Waals surface area contributed by atoms with Crippen molar-refractivity contribution in [2.45, 2.75) is 4.90 Å². The number of nitro benzene ring substituents is 1. The van der Waals surface area contributed by atoms with Gasteiger partial charge in [0.25, 0.3) is 5.69 Å². The lowest BCUT2D eigenvalue weighted by molar-refractivity contribution is -0.384. The molecule has 0 saturated carbocycles. The van der Waals surface area contributed by atoms with Crippen LogP contribution in [0.15, 0.2) is 17.0 Å². The zero-order chi connectivity index (χ0) is 10.0. The molecule has 0 radical (unpaired) electrons. The Kier molecular flexibility index (Phi) is 3.41. The van der Waals surface area contributed by atoms with Crippen molar-refractivity contribution in [3.8, 4) is 0 Å². The predicted molar refractivity (Wildman–Crippen MR) is 54.9 cm³/mol. The molecule has 0 aliphatic heterocycles. The van der Waals surface area contributed by atoms with E-state index in [2.05, 4.69) is 0 Å². The highest BCUT2D eigenvalue weighted by atomic mass is 35.5. The number of thioether (sulfide) groups is 1. The van der Waals surface area contributed by atoms with Crippen molar-refractivity contribution in [2.75, 3.05) is 6.26 Å². The van der Waals surface area contributed by atoms with E-state index in [1.54, 1.807) is 12.3 Å². The van der Waals surface area contributed by atoms with Gasteiger partial charge < -0.3 is 0 Å². The van der Waals surface area contributed by atoms with Crippen molar-refractivity contribution in [2.24, 2.45) is 0 Å². The first-order valence-electron chi connectivity index (χ1n) is 3.23. The quantitative estimate of drug-likeness (QED) is 0.449. The van der Waals surface area contributed by atoms with E-state index in [-0.39, 0.29) is 10.7 Å². The van der Waals surface area contributed by atoms with E-state index >= 15 is 0 Å².